The number of hydrogen-bond donors (Lipinski definition) is 1. The summed E-state index contributed by atoms with van der Waals surface area (Å²) < 4.78 is 6.58. The van der Waals surface area contributed by atoms with Gasteiger partial charge >= 0.3 is 0 Å². The molecule has 5 rings (SSSR count). The van der Waals surface area contributed by atoms with Gasteiger partial charge in [-0.05, 0) is 67.1 Å². The quantitative estimate of drug-likeness (QED) is 0.475. The van der Waals surface area contributed by atoms with Crippen molar-refractivity contribution in [3.05, 3.63) is 82.4 Å². The van der Waals surface area contributed by atoms with Crippen molar-refractivity contribution in [1.82, 2.24) is 0 Å². The molecule has 2 aliphatic heterocycles. The van der Waals surface area contributed by atoms with Crippen LogP contribution < -0.4 is 10.1 Å². The number of fused-ring (bicyclic) bond motifs is 5. The highest BCUT2D eigenvalue weighted by molar-refractivity contribution is 6.30. The Morgan fingerprint density at radius 2 is 1.68 bits per heavy atom. The largest absolute Gasteiger partial charge is 0.480 e. The third-order valence-corrected chi connectivity index (χ3v) is 6.18. The second-order valence-electron chi connectivity index (χ2n) is 8.65. The summed E-state index contributed by atoms with van der Waals surface area (Å²) in [6.45, 7) is 6.88. The molecule has 142 valence electrons. The fourth-order valence-corrected chi connectivity index (χ4v) is 5.05. The molecule has 2 heterocycles. The van der Waals surface area contributed by atoms with Crippen LogP contribution in [0.5, 0.6) is 5.75 Å². The first kappa shape index (κ1) is 17.6. The Morgan fingerprint density at radius 3 is 2.46 bits per heavy atom. The molecule has 0 saturated carbocycles. The average molecular weight is 390 g/mol. The number of halogens is 1. The number of hydrogen-bond acceptors (Lipinski definition) is 2. The third-order valence-electron chi connectivity index (χ3n) is 5.93. The SMILES string of the molecule is C[C@H]1CC(C)(C)Nc2ccc3c(c21)[C@@H](c1ccc(Cl)cc1)Oc1ccccc1-3. The number of ether oxygens (including phenoxy) is 1. The van der Waals surface area contributed by atoms with Gasteiger partial charge in [0, 0.05) is 27.4 Å². The maximum atomic E-state index is 6.58. The van der Waals surface area contributed by atoms with Crippen molar-refractivity contribution >= 4 is 17.3 Å². The highest BCUT2D eigenvalue weighted by Crippen LogP contribution is 2.51. The van der Waals surface area contributed by atoms with Crippen LogP contribution in [0, 0.1) is 0 Å². The van der Waals surface area contributed by atoms with Gasteiger partial charge in [-0.3, -0.25) is 0 Å². The highest BCUT2D eigenvalue weighted by Gasteiger charge is 2.37. The highest BCUT2D eigenvalue weighted by atomic mass is 35.5. The van der Waals surface area contributed by atoms with Crippen LogP contribution in [0.3, 0.4) is 0 Å². The fraction of sp³-hybridized carbons (Fsp3) is 0.280. The van der Waals surface area contributed by atoms with Gasteiger partial charge < -0.3 is 10.1 Å². The van der Waals surface area contributed by atoms with Crippen molar-refractivity contribution in [1.29, 1.82) is 0 Å². The fourth-order valence-electron chi connectivity index (χ4n) is 4.93. The molecule has 28 heavy (non-hydrogen) atoms. The summed E-state index contributed by atoms with van der Waals surface area (Å²) in [4.78, 5) is 0. The first-order valence-electron chi connectivity index (χ1n) is 9.89. The molecule has 2 nitrogen and oxygen atoms in total. The average Bonchev–Trinajstić information content (AvgIpc) is 2.66. The van der Waals surface area contributed by atoms with Crippen LogP contribution in [0.15, 0.2) is 60.7 Å². The monoisotopic (exact) mass is 389 g/mol. The topological polar surface area (TPSA) is 21.3 Å². The number of anilines is 1. The Morgan fingerprint density at radius 1 is 0.929 bits per heavy atom. The van der Waals surface area contributed by atoms with E-state index in [4.69, 9.17) is 16.3 Å². The Kier molecular flexibility index (Phi) is 3.96. The molecule has 3 heteroatoms. The van der Waals surface area contributed by atoms with Gasteiger partial charge in [0.05, 0.1) is 0 Å². The molecular weight excluding hydrogens is 366 g/mol. The van der Waals surface area contributed by atoms with Crippen LogP contribution in [0.1, 0.15) is 55.9 Å². The molecule has 3 aromatic rings. The molecular formula is C25H24ClNO. The van der Waals surface area contributed by atoms with Crippen molar-refractivity contribution in [2.45, 2.75) is 44.8 Å². The summed E-state index contributed by atoms with van der Waals surface area (Å²) in [7, 11) is 0. The molecule has 0 bridgehead atoms. The van der Waals surface area contributed by atoms with Crippen LogP contribution in [0.2, 0.25) is 5.02 Å². The zero-order valence-electron chi connectivity index (χ0n) is 16.4. The summed E-state index contributed by atoms with van der Waals surface area (Å²) in [5.41, 5.74) is 7.55. The van der Waals surface area contributed by atoms with Gasteiger partial charge in [0.1, 0.15) is 11.9 Å². The molecule has 0 unspecified atom stereocenters. The molecule has 2 aliphatic rings. The lowest BCUT2D eigenvalue weighted by atomic mass is 9.75. The molecule has 0 radical (unpaired) electrons. The van der Waals surface area contributed by atoms with Crippen molar-refractivity contribution < 1.29 is 4.74 Å². The van der Waals surface area contributed by atoms with E-state index in [1.807, 2.05) is 18.2 Å². The lowest BCUT2D eigenvalue weighted by Gasteiger charge is -2.41. The third kappa shape index (κ3) is 2.79. The summed E-state index contributed by atoms with van der Waals surface area (Å²) in [5.74, 6) is 1.39. The van der Waals surface area contributed by atoms with Gasteiger partial charge in [-0.2, -0.15) is 0 Å². The standard InChI is InChI=1S/C25H24ClNO/c1-15-14-25(2,3)27-20-13-12-19-18-6-4-5-7-21(18)28-24(23(19)22(15)20)16-8-10-17(26)11-9-16/h4-13,15,24,27H,14H2,1-3H3/t15-,24+/m0/s1. The van der Waals surface area contributed by atoms with Gasteiger partial charge in [-0.15, -0.1) is 0 Å². The van der Waals surface area contributed by atoms with E-state index >= 15 is 0 Å². The van der Waals surface area contributed by atoms with E-state index in [2.05, 4.69) is 68.6 Å². The lowest BCUT2D eigenvalue weighted by molar-refractivity contribution is 0.241. The van der Waals surface area contributed by atoms with Gasteiger partial charge in [-0.25, -0.2) is 0 Å². The molecule has 0 saturated heterocycles. The van der Waals surface area contributed by atoms with E-state index in [1.165, 1.54) is 27.9 Å². The Bertz CT molecular complexity index is 1050. The van der Waals surface area contributed by atoms with Crippen LogP contribution >= 0.6 is 11.6 Å². The Balaban J connectivity index is 1.77. The van der Waals surface area contributed by atoms with E-state index in [1.54, 1.807) is 0 Å². The van der Waals surface area contributed by atoms with Crippen LogP contribution in [-0.2, 0) is 0 Å². The summed E-state index contributed by atoms with van der Waals surface area (Å²) in [6.07, 6.45) is 0.952. The Labute approximate surface area is 171 Å². The predicted molar refractivity (Wildman–Crippen MR) is 117 cm³/mol. The molecule has 0 aliphatic carbocycles. The van der Waals surface area contributed by atoms with Gasteiger partial charge in [0.2, 0.25) is 0 Å². The number of nitrogens with one attached hydrogen (secondary N) is 1. The van der Waals surface area contributed by atoms with E-state index in [-0.39, 0.29) is 11.6 Å². The van der Waals surface area contributed by atoms with E-state index in [0.29, 0.717) is 5.92 Å². The molecule has 2 atom stereocenters. The maximum Gasteiger partial charge on any atom is 0.150 e. The minimum absolute atomic E-state index is 0.0872. The first-order valence-corrected chi connectivity index (χ1v) is 10.3. The van der Waals surface area contributed by atoms with Gasteiger partial charge in [0.15, 0.2) is 0 Å². The van der Waals surface area contributed by atoms with Crippen LogP contribution in [-0.4, -0.2) is 5.54 Å². The summed E-state index contributed by atoms with van der Waals surface area (Å²) in [6, 6.07) is 20.9. The molecule has 0 fully saturated rings. The second-order valence-corrected chi connectivity index (χ2v) is 9.08. The van der Waals surface area contributed by atoms with Gasteiger partial charge in [-0.1, -0.05) is 54.9 Å². The van der Waals surface area contributed by atoms with Crippen molar-refractivity contribution in [2.75, 3.05) is 5.32 Å². The minimum Gasteiger partial charge on any atom is -0.480 e. The first-order chi connectivity index (χ1) is 13.4. The number of benzene rings is 3. The van der Waals surface area contributed by atoms with E-state index < -0.39 is 0 Å². The normalized spacial score (nSPS) is 21.6. The summed E-state index contributed by atoms with van der Waals surface area (Å²) in [5, 5.41) is 4.49. The molecule has 3 aromatic carbocycles. The van der Waals surface area contributed by atoms with E-state index in [0.717, 1.165) is 22.8 Å². The zero-order valence-corrected chi connectivity index (χ0v) is 17.2. The van der Waals surface area contributed by atoms with Crippen molar-refractivity contribution in [2.24, 2.45) is 0 Å². The van der Waals surface area contributed by atoms with Crippen LogP contribution in [0.25, 0.3) is 11.1 Å². The lowest BCUT2D eigenvalue weighted by Crippen LogP contribution is -2.37. The predicted octanol–water partition coefficient (Wildman–Crippen LogP) is 7.19. The van der Waals surface area contributed by atoms with E-state index in [9.17, 15) is 0 Å². The maximum absolute atomic E-state index is 6.58. The smallest absolute Gasteiger partial charge is 0.150 e. The van der Waals surface area contributed by atoms with Crippen molar-refractivity contribution in [3.63, 3.8) is 0 Å². The molecule has 0 spiro atoms. The second kappa shape index (κ2) is 6.28. The Hall–Kier alpha value is -2.45. The number of rotatable bonds is 1. The zero-order chi connectivity index (χ0) is 19.5. The van der Waals surface area contributed by atoms with Crippen LogP contribution in [0.4, 0.5) is 5.69 Å². The summed E-state index contributed by atoms with van der Waals surface area (Å²) >= 11 is 6.15. The van der Waals surface area contributed by atoms with Crippen molar-refractivity contribution in [3.8, 4) is 16.9 Å². The molecule has 1 N–H and O–H groups in total. The molecule has 0 amide bonds. The van der Waals surface area contributed by atoms with Gasteiger partial charge in [0.25, 0.3) is 0 Å². The minimum atomic E-state index is -0.137. The number of para-hydroxylation sites is 1. The molecule has 0 aromatic heterocycles.